The second kappa shape index (κ2) is 10.6. The Morgan fingerprint density at radius 3 is 2.65 bits per heavy atom. The maximum Gasteiger partial charge on any atom is 0.408 e. The molecule has 194 valence electrons. The zero-order valence-electron chi connectivity index (χ0n) is 20.8. The smallest absolute Gasteiger partial charge is 0.408 e. The third-order valence-electron chi connectivity index (χ3n) is 5.49. The fraction of sp³-hybridized carbons (Fsp3) is 0.375. The molecule has 1 fully saturated rings. The molecule has 0 spiro atoms. The van der Waals surface area contributed by atoms with E-state index >= 15 is 0 Å². The van der Waals surface area contributed by atoms with Gasteiger partial charge in [0.15, 0.2) is 5.78 Å². The Bertz CT molecular complexity index is 1290. The summed E-state index contributed by atoms with van der Waals surface area (Å²) in [4.78, 5) is 47.1. The Balaban J connectivity index is 1.56. The molecule has 1 saturated carbocycles. The number of aromatic nitrogens is 5. The third kappa shape index (κ3) is 6.57. The first-order valence-electron chi connectivity index (χ1n) is 11.8. The number of hydrogen-bond acceptors (Lipinski definition) is 10. The molecule has 2 heterocycles. The van der Waals surface area contributed by atoms with Crippen LogP contribution in [0.25, 0.3) is 5.69 Å². The van der Waals surface area contributed by atoms with Crippen LogP contribution in [0.2, 0.25) is 0 Å². The number of hydrogen-bond donors (Lipinski definition) is 4. The molecule has 0 unspecified atom stereocenters. The van der Waals surface area contributed by atoms with E-state index in [0.29, 0.717) is 30.6 Å². The van der Waals surface area contributed by atoms with E-state index in [1.54, 1.807) is 51.4 Å². The minimum Gasteiger partial charge on any atom is -0.444 e. The van der Waals surface area contributed by atoms with Crippen molar-refractivity contribution in [2.24, 2.45) is 5.73 Å². The number of rotatable bonds is 7. The molecule has 0 bridgehead atoms. The van der Waals surface area contributed by atoms with E-state index in [4.69, 9.17) is 10.5 Å². The zero-order chi connectivity index (χ0) is 26.6. The maximum absolute atomic E-state index is 12.6. The first kappa shape index (κ1) is 25.5. The van der Waals surface area contributed by atoms with Gasteiger partial charge in [-0.1, -0.05) is 6.07 Å². The molecule has 2 aromatic heterocycles. The molecule has 13 nitrogen and oxygen atoms in total. The van der Waals surface area contributed by atoms with E-state index in [9.17, 15) is 14.4 Å². The molecular formula is C24H29N9O4. The van der Waals surface area contributed by atoms with Gasteiger partial charge >= 0.3 is 6.09 Å². The Kier molecular flexibility index (Phi) is 7.32. The van der Waals surface area contributed by atoms with E-state index < -0.39 is 29.7 Å². The fourth-order valence-corrected chi connectivity index (χ4v) is 3.90. The van der Waals surface area contributed by atoms with Gasteiger partial charge in [0.2, 0.25) is 5.95 Å². The van der Waals surface area contributed by atoms with Crippen LogP contribution in [0.1, 0.15) is 50.4 Å². The summed E-state index contributed by atoms with van der Waals surface area (Å²) in [5.74, 6) is -0.496. The first-order chi connectivity index (χ1) is 17.6. The molecule has 0 radical (unpaired) electrons. The van der Waals surface area contributed by atoms with Crippen molar-refractivity contribution in [3.05, 3.63) is 48.4 Å². The number of carbonyl (C=O) groups excluding carboxylic acids is 3. The second-order valence-electron chi connectivity index (χ2n) is 9.55. The summed E-state index contributed by atoms with van der Waals surface area (Å²) in [5.41, 5.74) is 6.23. The van der Waals surface area contributed by atoms with E-state index in [1.165, 1.54) is 11.0 Å². The third-order valence-corrected chi connectivity index (χ3v) is 5.49. The van der Waals surface area contributed by atoms with Gasteiger partial charge in [-0.05, 0) is 51.8 Å². The summed E-state index contributed by atoms with van der Waals surface area (Å²) in [6.45, 7) is 5.23. The predicted octanol–water partition coefficient (Wildman–Crippen LogP) is 2.33. The number of ketones is 1. The lowest BCUT2D eigenvalue weighted by Crippen LogP contribution is -2.54. The van der Waals surface area contributed by atoms with Crippen molar-refractivity contribution in [2.45, 2.75) is 57.7 Å². The highest BCUT2D eigenvalue weighted by Crippen LogP contribution is 2.24. The van der Waals surface area contributed by atoms with Gasteiger partial charge in [0.05, 0.1) is 24.1 Å². The van der Waals surface area contributed by atoms with Gasteiger partial charge in [-0.25, -0.2) is 9.78 Å². The molecule has 0 saturated heterocycles. The van der Waals surface area contributed by atoms with Gasteiger partial charge in [-0.3, -0.25) is 9.59 Å². The van der Waals surface area contributed by atoms with Gasteiger partial charge < -0.3 is 26.4 Å². The van der Waals surface area contributed by atoms with Crippen LogP contribution in [0.4, 0.5) is 22.2 Å². The zero-order valence-corrected chi connectivity index (χ0v) is 20.8. The fourth-order valence-electron chi connectivity index (χ4n) is 3.90. The number of primary amides is 1. The number of nitrogens with zero attached hydrogens (tertiary/aromatic N) is 5. The largest absolute Gasteiger partial charge is 0.444 e. The molecule has 3 aromatic rings. The normalized spacial score (nSPS) is 17.6. The van der Waals surface area contributed by atoms with Crippen molar-refractivity contribution < 1.29 is 19.1 Å². The Labute approximate surface area is 213 Å². The number of alkyl carbamates (subject to hydrolysis) is 1. The Morgan fingerprint density at radius 1 is 1.19 bits per heavy atom. The molecule has 1 aliphatic carbocycles. The number of amides is 2. The van der Waals surface area contributed by atoms with E-state index in [0.717, 1.165) is 0 Å². The molecule has 5 N–H and O–H groups in total. The van der Waals surface area contributed by atoms with Gasteiger partial charge in [0.25, 0.3) is 5.91 Å². The number of anilines is 3. The molecule has 13 heteroatoms. The molecule has 2 atom stereocenters. The van der Waals surface area contributed by atoms with Gasteiger partial charge in [-0.15, -0.1) is 0 Å². The SMILES string of the molecule is CC(C)(C)OC(=O)N[C@H]1C(=O)CCC[C@H]1Nc1ncc(C(N)=O)c(Nc2cccc(-n3nccn3)c2)n1. The molecule has 2 amide bonds. The summed E-state index contributed by atoms with van der Waals surface area (Å²) >= 11 is 0. The molecule has 1 aliphatic rings. The molecule has 37 heavy (non-hydrogen) atoms. The average Bonchev–Trinajstić information content (AvgIpc) is 3.35. The number of nitrogens with one attached hydrogen (secondary N) is 3. The number of nitrogens with two attached hydrogens (primary N) is 1. The van der Waals surface area contributed by atoms with Crippen molar-refractivity contribution in [1.82, 2.24) is 30.3 Å². The number of carbonyl (C=O) groups is 3. The molecule has 4 rings (SSSR count). The lowest BCUT2D eigenvalue weighted by Gasteiger charge is -2.32. The second-order valence-corrected chi connectivity index (χ2v) is 9.55. The van der Waals surface area contributed by atoms with Crippen LogP contribution in [0.5, 0.6) is 0 Å². The summed E-state index contributed by atoms with van der Waals surface area (Å²) in [6, 6.07) is 5.89. The van der Waals surface area contributed by atoms with Crippen molar-refractivity contribution >= 4 is 35.2 Å². The number of benzene rings is 1. The van der Waals surface area contributed by atoms with Crippen LogP contribution in [-0.4, -0.2) is 60.4 Å². The predicted molar refractivity (Wildman–Crippen MR) is 135 cm³/mol. The monoisotopic (exact) mass is 507 g/mol. The Hall–Kier alpha value is -4.55. The highest BCUT2D eigenvalue weighted by Gasteiger charge is 2.35. The van der Waals surface area contributed by atoms with Crippen LogP contribution < -0.4 is 21.7 Å². The first-order valence-corrected chi connectivity index (χ1v) is 11.8. The summed E-state index contributed by atoms with van der Waals surface area (Å²) < 4.78 is 5.32. The van der Waals surface area contributed by atoms with E-state index in [2.05, 4.69) is 36.1 Å². The quantitative estimate of drug-likeness (QED) is 0.371. The van der Waals surface area contributed by atoms with Gasteiger partial charge in [0, 0.05) is 18.3 Å². The lowest BCUT2D eigenvalue weighted by molar-refractivity contribution is -0.122. The molecule has 0 aliphatic heterocycles. The van der Waals surface area contributed by atoms with Crippen LogP contribution >= 0.6 is 0 Å². The maximum atomic E-state index is 12.6. The van der Waals surface area contributed by atoms with Crippen LogP contribution in [0, 0.1) is 0 Å². The summed E-state index contributed by atoms with van der Waals surface area (Å²) in [6.07, 6.45) is 5.33. The van der Waals surface area contributed by atoms with Crippen molar-refractivity contribution in [2.75, 3.05) is 10.6 Å². The van der Waals surface area contributed by atoms with Gasteiger partial charge in [0.1, 0.15) is 23.0 Å². The summed E-state index contributed by atoms with van der Waals surface area (Å²) in [5, 5.41) is 17.1. The standard InChI is InChI=1S/C24H29N9O4/c1-24(2,3)37-23(36)31-19-17(8-5-9-18(19)34)30-22-26-13-16(20(25)35)21(32-22)29-14-6-4-7-15(12-14)33-27-10-11-28-33/h4,6-7,10-13,17,19H,5,8-9H2,1-3H3,(H2,25,35)(H,31,36)(H2,26,29,30,32)/t17-,19-/m1/s1. The van der Waals surface area contributed by atoms with Crippen LogP contribution in [0.3, 0.4) is 0 Å². The van der Waals surface area contributed by atoms with Crippen LogP contribution in [-0.2, 0) is 9.53 Å². The minimum atomic E-state index is -0.822. The Morgan fingerprint density at radius 2 is 1.95 bits per heavy atom. The minimum absolute atomic E-state index is 0.0799. The molecule has 1 aromatic carbocycles. The van der Waals surface area contributed by atoms with E-state index in [1.807, 2.05) is 6.07 Å². The van der Waals surface area contributed by atoms with Crippen molar-refractivity contribution in [1.29, 1.82) is 0 Å². The number of Topliss-reactive ketones (excluding diaryl/α,β-unsaturated/α-hetero) is 1. The van der Waals surface area contributed by atoms with Crippen LogP contribution in [0.15, 0.2) is 42.9 Å². The van der Waals surface area contributed by atoms with Gasteiger partial charge in [-0.2, -0.15) is 20.0 Å². The molecular weight excluding hydrogens is 478 g/mol. The van der Waals surface area contributed by atoms with Crippen molar-refractivity contribution in [3.8, 4) is 5.69 Å². The average molecular weight is 508 g/mol. The highest BCUT2D eigenvalue weighted by molar-refractivity contribution is 5.98. The topological polar surface area (TPSA) is 179 Å². The number of ether oxygens (including phenoxy) is 1. The van der Waals surface area contributed by atoms with Crippen molar-refractivity contribution in [3.63, 3.8) is 0 Å². The lowest BCUT2D eigenvalue weighted by atomic mass is 9.89. The van der Waals surface area contributed by atoms with E-state index in [-0.39, 0.29) is 23.1 Å². The highest BCUT2D eigenvalue weighted by atomic mass is 16.6. The summed E-state index contributed by atoms with van der Waals surface area (Å²) in [7, 11) is 0.